The van der Waals surface area contributed by atoms with Gasteiger partial charge in [-0.15, -0.1) is 0 Å². The molecule has 0 amide bonds. The summed E-state index contributed by atoms with van der Waals surface area (Å²) >= 11 is 0. The first kappa shape index (κ1) is 17.3. The van der Waals surface area contributed by atoms with Gasteiger partial charge in [0.2, 0.25) is 0 Å². The minimum atomic E-state index is -0.645. The van der Waals surface area contributed by atoms with Crippen LogP contribution in [0.15, 0.2) is 65.7 Å². The van der Waals surface area contributed by atoms with Crippen LogP contribution in [0.2, 0.25) is 0 Å². The van der Waals surface area contributed by atoms with Crippen molar-refractivity contribution in [3.8, 4) is 0 Å². The standard InChI is InChI=1S/C22H23NO2/c1-2-19(23-15-16-9-5-3-6-10-16)22-20(24)13-18(14-21(22)25)17-11-7-4-8-12-17/h3-12,18,22H,2,13-15H2,1H3. The molecule has 3 heteroatoms. The van der Waals surface area contributed by atoms with E-state index < -0.39 is 5.92 Å². The minimum absolute atomic E-state index is 0.00433. The van der Waals surface area contributed by atoms with E-state index in [1.54, 1.807) is 0 Å². The lowest BCUT2D eigenvalue weighted by atomic mass is 9.74. The van der Waals surface area contributed by atoms with Gasteiger partial charge in [-0.2, -0.15) is 0 Å². The van der Waals surface area contributed by atoms with Crippen molar-refractivity contribution in [1.82, 2.24) is 0 Å². The van der Waals surface area contributed by atoms with Gasteiger partial charge in [0.15, 0.2) is 0 Å². The fourth-order valence-corrected chi connectivity index (χ4v) is 3.49. The number of nitrogens with zero attached hydrogens (tertiary/aromatic N) is 1. The summed E-state index contributed by atoms with van der Waals surface area (Å²) in [6.45, 7) is 2.48. The SMILES string of the molecule is CCC(=NCc1ccccc1)C1C(=O)CC(c2ccccc2)CC1=O. The van der Waals surface area contributed by atoms with Crippen LogP contribution in [0, 0.1) is 5.92 Å². The summed E-state index contributed by atoms with van der Waals surface area (Å²) in [6.07, 6.45) is 1.47. The number of ketones is 2. The van der Waals surface area contributed by atoms with Gasteiger partial charge in [0.05, 0.1) is 6.54 Å². The molecule has 0 N–H and O–H groups in total. The highest BCUT2D eigenvalue weighted by Crippen LogP contribution is 2.32. The maximum Gasteiger partial charge on any atom is 0.149 e. The highest BCUT2D eigenvalue weighted by molar-refractivity contribution is 6.22. The van der Waals surface area contributed by atoms with E-state index in [-0.39, 0.29) is 17.5 Å². The van der Waals surface area contributed by atoms with Crippen LogP contribution in [0.4, 0.5) is 0 Å². The number of aliphatic imine (C=N–C) groups is 1. The summed E-state index contributed by atoms with van der Waals surface area (Å²) in [4.78, 5) is 30.0. The Morgan fingerprint density at radius 2 is 1.48 bits per heavy atom. The van der Waals surface area contributed by atoms with Crippen LogP contribution in [-0.2, 0) is 16.1 Å². The van der Waals surface area contributed by atoms with Crippen LogP contribution >= 0.6 is 0 Å². The maximum absolute atomic E-state index is 12.7. The highest BCUT2D eigenvalue weighted by Gasteiger charge is 2.38. The van der Waals surface area contributed by atoms with Crippen LogP contribution in [0.1, 0.15) is 43.2 Å². The molecule has 0 aromatic heterocycles. The normalized spacial score (nSPS) is 21.4. The Balaban J connectivity index is 1.75. The molecule has 1 fully saturated rings. The molecule has 3 nitrogen and oxygen atoms in total. The van der Waals surface area contributed by atoms with Gasteiger partial charge in [-0.3, -0.25) is 14.6 Å². The van der Waals surface area contributed by atoms with Gasteiger partial charge < -0.3 is 0 Å². The van der Waals surface area contributed by atoms with Crippen molar-refractivity contribution in [1.29, 1.82) is 0 Å². The summed E-state index contributed by atoms with van der Waals surface area (Å²) in [6, 6.07) is 19.8. The quantitative estimate of drug-likeness (QED) is 0.602. The van der Waals surface area contributed by atoms with Crippen molar-refractivity contribution in [2.45, 2.75) is 38.6 Å². The van der Waals surface area contributed by atoms with E-state index in [0.29, 0.717) is 25.8 Å². The van der Waals surface area contributed by atoms with Crippen LogP contribution in [-0.4, -0.2) is 17.3 Å². The topological polar surface area (TPSA) is 46.5 Å². The van der Waals surface area contributed by atoms with Crippen molar-refractivity contribution in [3.05, 3.63) is 71.8 Å². The van der Waals surface area contributed by atoms with Crippen LogP contribution < -0.4 is 0 Å². The third-order valence-electron chi connectivity index (χ3n) is 4.81. The Kier molecular flexibility index (Phi) is 5.54. The van der Waals surface area contributed by atoms with Crippen molar-refractivity contribution >= 4 is 17.3 Å². The molecule has 0 aliphatic heterocycles. The fraction of sp³-hybridized carbons (Fsp3) is 0.318. The lowest BCUT2D eigenvalue weighted by Crippen LogP contribution is -2.38. The number of benzene rings is 2. The smallest absolute Gasteiger partial charge is 0.149 e. The molecule has 0 bridgehead atoms. The Labute approximate surface area is 148 Å². The van der Waals surface area contributed by atoms with Crippen LogP contribution in [0.3, 0.4) is 0 Å². The zero-order valence-electron chi connectivity index (χ0n) is 14.5. The molecule has 25 heavy (non-hydrogen) atoms. The van der Waals surface area contributed by atoms with Crippen molar-refractivity contribution in [3.63, 3.8) is 0 Å². The number of hydrogen-bond acceptors (Lipinski definition) is 3. The van der Waals surface area contributed by atoms with Gasteiger partial charge in [0, 0.05) is 18.6 Å². The number of rotatable bonds is 5. The highest BCUT2D eigenvalue weighted by atomic mass is 16.2. The molecular formula is C22H23NO2. The van der Waals surface area contributed by atoms with Crippen molar-refractivity contribution < 1.29 is 9.59 Å². The second-order valence-corrected chi connectivity index (χ2v) is 6.53. The molecule has 0 unspecified atom stereocenters. The predicted octanol–water partition coefficient (Wildman–Crippen LogP) is 4.37. The van der Waals surface area contributed by atoms with E-state index in [0.717, 1.165) is 16.8 Å². The Morgan fingerprint density at radius 3 is 2.04 bits per heavy atom. The first-order chi connectivity index (χ1) is 12.2. The van der Waals surface area contributed by atoms with E-state index in [9.17, 15) is 9.59 Å². The summed E-state index contributed by atoms with van der Waals surface area (Å²) in [5, 5.41) is 0. The van der Waals surface area contributed by atoms with Crippen molar-refractivity contribution in [2.24, 2.45) is 10.9 Å². The Morgan fingerprint density at radius 1 is 0.920 bits per heavy atom. The number of hydrogen-bond donors (Lipinski definition) is 0. The largest absolute Gasteiger partial charge is 0.298 e. The zero-order valence-corrected chi connectivity index (χ0v) is 14.5. The molecule has 3 rings (SSSR count). The maximum atomic E-state index is 12.7. The summed E-state index contributed by atoms with van der Waals surface area (Å²) in [7, 11) is 0. The third kappa shape index (κ3) is 4.11. The molecule has 2 aromatic carbocycles. The van der Waals surface area contributed by atoms with Gasteiger partial charge in [0.1, 0.15) is 17.5 Å². The van der Waals surface area contributed by atoms with E-state index in [4.69, 9.17) is 0 Å². The Bertz CT molecular complexity index is 747. The molecular weight excluding hydrogens is 310 g/mol. The first-order valence-corrected chi connectivity index (χ1v) is 8.86. The van der Waals surface area contributed by atoms with Crippen molar-refractivity contribution in [2.75, 3.05) is 0 Å². The van der Waals surface area contributed by atoms with Gasteiger partial charge in [-0.25, -0.2) is 0 Å². The summed E-state index contributed by atoms with van der Waals surface area (Å²) < 4.78 is 0. The molecule has 0 heterocycles. The third-order valence-corrected chi connectivity index (χ3v) is 4.81. The monoisotopic (exact) mass is 333 g/mol. The average molecular weight is 333 g/mol. The second-order valence-electron chi connectivity index (χ2n) is 6.53. The molecule has 0 spiro atoms. The van der Waals surface area contributed by atoms with Gasteiger partial charge in [0.25, 0.3) is 0 Å². The summed E-state index contributed by atoms with van der Waals surface area (Å²) in [5.41, 5.74) is 2.89. The zero-order chi connectivity index (χ0) is 17.6. The number of carbonyl (C=O) groups excluding carboxylic acids is 2. The Hall–Kier alpha value is -2.55. The van der Waals surface area contributed by atoms with E-state index >= 15 is 0 Å². The lowest BCUT2D eigenvalue weighted by molar-refractivity contribution is -0.133. The van der Waals surface area contributed by atoms with Gasteiger partial charge >= 0.3 is 0 Å². The average Bonchev–Trinajstić information content (AvgIpc) is 2.65. The number of Topliss-reactive ketones (excluding diaryl/α,β-unsaturated/α-hetero) is 2. The molecule has 128 valence electrons. The second kappa shape index (κ2) is 8.02. The van der Waals surface area contributed by atoms with Crippen LogP contribution in [0.25, 0.3) is 0 Å². The molecule has 0 saturated heterocycles. The lowest BCUT2D eigenvalue weighted by Gasteiger charge is -2.27. The molecule has 0 atom stereocenters. The van der Waals surface area contributed by atoms with Gasteiger partial charge in [-0.1, -0.05) is 67.6 Å². The minimum Gasteiger partial charge on any atom is -0.298 e. The fourth-order valence-electron chi connectivity index (χ4n) is 3.49. The molecule has 1 aliphatic carbocycles. The molecule has 1 saturated carbocycles. The molecule has 1 aliphatic rings. The van der Waals surface area contributed by atoms with Gasteiger partial charge in [-0.05, 0) is 23.5 Å². The molecule has 0 radical (unpaired) electrons. The molecule has 2 aromatic rings. The van der Waals surface area contributed by atoms with E-state index in [1.165, 1.54) is 0 Å². The van der Waals surface area contributed by atoms with E-state index in [1.807, 2.05) is 67.6 Å². The predicted molar refractivity (Wildman–Crippen MR) is 99.8 cm³/mol. The first-order valence-electron chi connectivity index (χ1n) is 8.86. The number of carbonyl (C=O) groups is 2. The summed E-state index contributed by atoms with van der Waals surface area (Å²) in [5.74, 6) is -0.615. The van der Waals surface area contributed by atoms with Crippen LogP contribution in [0.5, 0.6) is 0 Å². The van der Waals surface area contributed by atoms with E-state index in [2.05, 4.69) is 4.99 Å².